The van der Waals surface area contributed by atoms with Crippen LogP contribution in [0.25, 0.3) is 21.7 Å². The zero-order valence-electron chi connectivity index (χ0n) is 14.5. The van der Waals surface area contributed by atoms with Crippen LogP contribution in [-0.2, 0) is 13.1 Å². The van der Waals surface area contributed by atoms with Gasteiger partial charge < -0.3 is 9.15 Å². The highest BCUT2D eigenvalue weighted by Gasteiger charge is 2.25. The average molecular weight is 362 g/mol. The molecule has 1 N–H and O–H groups in total. The van der Waals surface area contributed by atoms with Crippen LogP contribution < -0.4 is 15.3 Å². The van der Waals surface area contributed by atoms with Gasteiger partial charge in [-0.05, 0) is 29.7 Å². The van der Waals surface area contributed by atoms with Crippen LogP contribution >= 0.6 is 0 Å². The Morgan fingerprint density at radius 1 is 0.926 bits per heavy atom. The third-order valence-corrected chi connectivity index (χ3v) is 5.11. The molecule has 0 spiro atoms. The molecule has 0 saturated carbocycles. The van der Waals surface area contributed by atoms with E-state index in [1.807, 2.05) is 36.4 Å². The Balaban J connectivity index is 1.61. The monoisotopic (exact) mass is 362 g/mol. The lowest BCUT2D eigenvalue weighted by Gasteiger charge is -2.26. The summed E-state index contributed by atoms with van der Waals surface area (Å²) >= 11 is 0. The van der Waals surface area contributed by atoms with Crippen molar-refractivity contribution in [1.82, 2.24) is 0 Å². The Morgan fingerprint density at radius 3 is 2.56 bits per heavy atom. The highest BCUT2D eigenvalue weighted by Crippen LogP contribution is 2.32. The lowest BCUT2D eigenvalue weighted by atomic mass is 10.0. The second-order valence-corrected chi connectivity index (χ2v) is 6.84. The first-order chi connectivity index (χ1) is 13.2. The number of hydrogen-bond acceptors (Lipinski definition) is 3. The zero-order valence-corrected chi connectivity index (χ0v) is 14.5. The highest BCUT2D eigenvalue weighted by molar-refractivity contribution is 6.05. The number of halogens is 1. The van der Waals surface area contributed by atoms with Gasteiger partial charge in [-0.1, -0.05) is 36.4 Å². The molecule has 0 saturated heterocycles. The molecule has 1 unspecified atom stereocenters. The smallest absolute Gasteiger partial charge is 0.344 e. The summed E-state index contributed by atoms with van der Waals surface area (Å²) < 4.78 is 25.6. The molecule has 5 rings (SSSR count). The van der Waals surface area contributed by atoms with Gasteiger partial charge in [-0.25, -0.2) is 9.18 Å². The molecule has 0 fully saturated rings. The summed E-state index contributed by atoms with van der Waals surface area (Å²) in [5, 5.41) is 2.32. The van der Waals surface area contributed by atoms with Gasteiger partial charge in [0, 0.05) is 10.9 Å². The minimum Gasteiger partial charge on any atom is -0.445 e. The van der Waals surface area contributed by atoms with Gasteiger partial charge in [0.25, 0.3) is 0 Å². The second kappa shape index (κ2) is 6.21. The van der Waals surface area contributed by atoms with Gasteiger partial charge in [0.2, 0.25) is 6.73 Å². The van der Waals surface area contributed by atoms with Crippen molar-refractivity contribution in [3.63, 3.8) is 0 Å². The van der Waals surface area contributed by atoms with E-state index in [4.69, 9.17) is 9.15 Å². The van der Waals surface area contributed by atoms with Crippen LogP contribution in [0.4, 0.5) is 4.39 Å². The summed E-state index contributed by atoms with van der Waals surface area (Å²) in [6.45, 7) is 1.53. The number of fused-ring (bicyclic) bond motifs is 5. The van der Waals surface area contributed by atoms with Gasteiger partial charge in [0.05, 0.1) is 10.9 Å². The molecular weight excluding hydrogens is 345 g/mol. The topological polar surface area (TPSA) is 43.9 Å². The summed E-state index contributed by atoms with van der Waals surface area (Å²) in [7, 11) is 0. The van der Waals surface area contributed by atoms with E-state index in [9.17, 15) is 9.18 Å². The van der Waals surface area contributed by atoms with Crippen LogP contribution in [0, 0.1) is 5.82 Å². The lowest BCUT2D eigenvalue weighted by Crippen LogP contribution is -3.11. The predicted octanol–water partition coefficient (Wildman–Crippen LogP) is 3.02. The van der Waals surface area contributed by atoms with Crippen LogP contribution in [0.15, 0.2) is 69.9 Å². The molecule has 3 aromatic carbocycles. The first-order valence-corrected chi connectivity index (χ1v) is 8.88. The van der Waals surface area contributed by atoms with Crippen molar-refractivity contribution >= 4 is 21.7 Å². The first kappa shape index (κ1) is 16.0. The van der Waals surface area contributed by atoms with Crippen molar-refractivity contribution in [2.45, 2.75) is 13.1 Å². The van der Waals surface area contributed by atoms with Gasteiger partial charge in [-0.3, -0.25) is 4.90 Å². The summed E-state index contributed by atoms with van der Waals surface area (Å²) in [4.78, 5) is 13.5. The van der Waals surface area contributed by atoms with Gasteiger partial charge in [0.15, 0.2) is 5.58 Å². The fraction of sp³-hybridized carbons (Fsp3) is 0.136. The standard InChI is InChI=1S/C22H16FNO3/c23-19-8-4-1-5-14(19)11-24-12-18-20(26-13-24)10-9-16-15-6-2-3-7-17(15)22(25)27-21(16)18/h1-10H,11-13H2/p+1. The molecule has 1 aliphatic rings. The van der Waals surface area contributed by atoms with Gasteiger partial charge >= 0.3 is 5.63 Å². The van der Waals surface area contributed by atoms with Gasteiger partial charge in [-0.15, -0.1) is 0 Å². The largest absolute Gasteiger partial charge is 0.445 e. The number of ether oxygens (including phenoxy) is 1. The lowest BCUT2D eigenvalue weighted by molar-refractivity contribution is -0.945. The van der Waals surface area contributed by atoms with Gasteiger partial charge in [0.1, 0.15) is 24.7 Å². The number of nitrogens with one attached hydrogen (secondary N) is 1. The minimum absolute atomic E-state index is 0.216. The Morgan fingerprint density at radius 2 is 1.70 bits per heavy atom. The highest BCUT2D eigenvalue weighted by atomic mass is 19.1. The molecule has 2 heterocycles. The normalized spacial score (nSPS) is 16.3. The Hall–Kier alpha value is -3.18. The summed E-state index contributed by atoms with van der Waals surface area (Å²) in [6, 6.07) is 18.1. The zero-order chi connectivity index (χ0) is 18.4. The van der Waals surface area contributed by atoms with Crippen molar-refractivity contribution in [3.05, 3.63) is 88.0 Å². The summed E-state index contributed by atoms with van der Waals surface area (Å²) in [6.07, 6.45) is 0. The Kier molecular flexibility index (Phi) is 3.69. The second-order valence-electron chi connectivity index (χ2n) is 6.84. The molecule has 27 heavy (non-hydrogen) atoms. The van der Waals surface area contributed by atoms with Crippen LogP contribution in [-0.4, -0.2) is 6.73 Å². The molecule has 0 radical (unpaired) electrons. The molecule has 4 nitrogen and oxygen atoms in total. The van der Waals surface area contributed by atoms with Crippen molar-refractivity contribution in [1.29, 1.82) is 0 Å². The third-order valence-electron chi connectivity index (χ3n) is 5.11. The van der Waals surface area contributed by atoms with E-state index in [0.29, 0.717) is 36.4 Å². The first-order valence-electron chi connectivity index (χ1n) is 8.88. The maximum atomic E-state index is 14.0. The predicted molar refractivity (Wildman–Crippen MR) is 100 cm³/mol. The molecular formula is C22H17FNO3+. The van der Waals surface area contributed by atoms with Crippen LogP contribution in [0.5, 0.6) is 5.75 Å². The molecule has 4 aromatic rings. The quantitative estimate of drug-likeness (QED) is 0.440. The maximum Gasteiger partial charge on any atom is 0.344 e. The molecule has 134 valence electrons. The van der Waals surface area contributed by atoms with E-state index in [-0.39, 0.29) is 11.4 Å². The number of hydrogen-bond donors (Lipinski definition) is 1. The number of rotatable bonds is 2. The third kappa shape index (κ3) is 2.67. The molecule has 0 bridgehead atoms. The van der Waals surface area contributed by atoms with Crippen molar-refractivity contribution < 1.29 is 18.4 Å². The SMILES string of the molecule is O=c1oc2c3c(ccc2c2ccccc12)OC[NH+](Cc1ccccc1F)C3. The summed E-state index contributed by atoms with van der Waals surface area (Å²) in [5.74, 6) is 0.504. The van der Waals surface area contributed by atoms with Crippen LogP contribution in [0.1, 0.15) is 11.1 Å². The molecule has 1 aliphatic heterocycles. The van der Waals surface area contributed by atoms with Crippen molar-refractivity contribution in [2.24, 2.45) is 0 Å². The van der Waals surface area contributed by atoms with E-state index in [1.54, 1.807) is 18.2 Å². The van der Waals surface area contributed by atoms with E-state index in [2.05, 4.69) is 0 Å². The molecule has 1 aromatic heterocycles. The van der Waals surface area contributed by atoms with Crippen LogP contribution in [0.3, 0.4) is 0 Å². The van der Waals surface area contributed by atoms with Crippen molar-refractivity contribution in [2.75, 3.05) is 6.73 Å². The molecule has 1 atom stereocenters. The van der Waals surface area contributed by atoms with Gasteiger partial charge in [-0.2, -0.15) is 0 Å². The Labute approximate surface area is 154 Å². The van der Waals surface area contributed by atoms with E-state index in [1.165, 1.54) is 6.07 Å². The fourth-order valence-corrected chi connectivity index (χ4v) is 3.79. The molecule has 0 amide bonds. The number of benzene rings is 3. The van der Waals surface area contributed by atoms with E-state index >= 15 is 0 Å². The Bertz CT molecular complexity index is 1230. The molecule has 0 aliphatic carbocycles. The van der Waals surface area contributed by atoms with E-state index in [0.717, 1.165) is 27.0 Å². The number of quaternary nitrogens is 1. The average Bonchev–Trinajstić information content (AvgIpc) is 2.70. The minimum atomic E-state index is -0.354. The van der Waals surface area contributed by atoms with E-state index < -0.39 is 0 Å². The van der Waals surface area contributed by atoms with Crippen molar-refractivity contribution in [3.8, 4) is 5.75 Å². The summed E-state index contributed by atoms with van der Waals surface area (Å²) in [5.41, 5.74) is 1.70. The van der Waals surface area contributed by atoms with Crippen LogP contribution in [0.2, 0.25) is 0 Å². The maximum absolute atomic E-state index is 14.0. The fourth-order valence-electron chi connectivity index (χ4n) is 3.79. The molecule has 5 heteroatoms.